The van der Waals surface area contributed by atoms with Gasteiger partial charge in [-0.3, -0.25) is 10.2 Å². The van der Waals surface area contributed by atoms with E-state index in [1.165, 1.54) is 6.42 Å². The van der Waals surface area contributed by atoms with Gasteiger partial charge < -0.3 is 9.80 Å². The van der Waals surface area contributed by atoms with E-state index in [2.05, 4.69) is 15.4 Å². The van der Waals surface area contributed by atoms with Crippen LogP contribution < -0.4 is 5.43 Å². The lowest BCUT2D eigenvalue weighted by Crippen LogP contribution is -2.45. The number of benzene rings is 1. The van der Waals surface area contributed by atoms with Gasteiger partial charge in [0.1, 0.15) is 0 Å². The molecule has 0 saturated carbocycles. The molecule has 1 aromatic carbocycles. The lowest BCUT2D eigenvalue weighted by atomic mass is 10.1. The average Bonchev–Trinajstić information content (AvgIpc) is 2.49. The van der Waals surface area contributed by atoms with Gasteiger partial charge in [0, 0.05) is 27.2 Å². The van der Waals surface area contributed by atoms with Crippen molar-refractivity contribution in [3.63, 3.8) is 0 Å². The smallest absolute Gasteiger partial charge is 0.290 e. The minimum Gasteiger partial charge on any atom is -0.351 e. The second-order valence-electron chi connectivity index (χ2n) is 5.16. The number of likely N-dealkylation sites (N-methyl/N-ethyl adjacent to an activating group) is 1. The Morgan fingerprint density at radius 1 is 1.15 bits per heavy atom. The lowest BCUT2D eigenvalue weighted by molar-refractivity contribution is -0.122. The Balaban J connectivity index is 2.14. The fourth-order valence-electron chi connectivity index (χ4n) is 2.19. The number of nitrogens with zero attached hydrogens (tertiary/aromatic N) is 3. The number of amidine groups is 1. The van der Waals surface area contributed by atoms with Crippen molar-refractivity contribution in [2.24, 2.45) is 5.10 Å². The summed E-state index contributed by atoms with van der Waals surface area (Å²) in [6, 6.07) is 9.68. The Bertz CT molecular complexity index is 464. The molecule has 1 heterocycles. The third kappa shape index (κ3) is 3.73. The summed E-state index contributed by atoms with van der Waals surface area (Å²) in [5, 5.41) is 4.34. The number of amides is 1. The predicted octanol–water partition coefficient (Wildman–Crippen LogP) is 1.99. The Kier molecular flexibility index (Phi) is 4.98. The number of carbonyl (C=O) groups is 1. The molecule has 0 atom stereocenters. The highest BCUT2D eigenvalue weighted by molar-refractivity contribution is 6.37. The molecule has 5 nitrogen and oxygen atoms in total. The molecule has 0 spiro atoms. The number of nitrogens with one attached hydrogen (secondary N) is 1. The molecule has 1 N–H and O–H groups in total. The van der Waals surface area contributed by atoms with Gasteiger partial charge in [-0.25, -0.2) is 0 Å². The highest BCUT2D eigenvalue weighted by atomic mass is 16.2. The first-order chi connectivity index (χ1) is 9.68. The molecule has 1 fully saturated rings. The summed E-state index contributed by atoms with van der Waals surface area (Å²) in [5.74, 6) is 0.439. The van der Waals surface area contributed by atoms with Gasteiger partial charge in [-0.05, 0) is 31.4 Å². The maximum atomic E-state index is 12.3. The molecule has 0 aromatic heterocycles. The normalized spacial score (nSPS) is 15.9. The first-order valence-electron chi connectivity index (χ1n) is 7.04. The molecule has 1 aliphatic rings. The van der Waals surface area contributed by atoms with Crippen molar-refractivity contribution in [2.45, 2.75) is 19.3 Å². The second-order valence-corrected chi connectivity index (χ2v) is 5.16. The van der Waals surface area contributed by atoms with Crippen LogP contribution in [0.25, 0.3) is 0 Å². The van der Waals surface area contributed by atoms with Crippen LogP contribution in [0.3, 0.4) is 0 Å². The summed E-state index contributed by atoms with van der Waals surface area (Å²) in [6.07, 6.45) is 3.46. The van der Waals surface area contributed by atoms with E-state index in [0.717, 1.165) is 31.6 Å². The van der Waals surface area contributed by atoms with E-state index in [9.17, 15) is 4.79 Å². The van der Waals surface area contributed by atoms with Crippen LogP contribution in [0, 0.1) is 0 Å². The van der Waals surface area contributed by atoms with Crippen LogP contribution in [-0.4, -0.2) is 48.7 Å². The lowest BCUT2D eigenvalue weighted by Gasteiger charge is -2.30. The predicted molar refractivity (Wildman–Crippen MR) is 81.6 cm³/mol. The topological polar surface area (TPSA) is 47.9 Å². The first kappa shape index (κ1) is 14.4. The average molecular weight is 274 g/mol. The van der Waals surface area contributed by atoms with E-state index in [-0.39, 0.29) is 5.91 Å². The number of piperidine rings is 1. The van der Waals surface area contributed by atoms with Crippen LogP contribution >= 0.6 is 0 Å². The fraction of sp³-hybridized carbons (Fsp3) is 0.467. The molecule has 1 aromatic rings. The fourth-order valence-corrected chi connectivity index (χ4v) is 2.19. The number of rotatable bonds is 2. The molecule has 0 radical (unpaired) electrons. The second kappa shape index (κ2) is 6.93. The minimum absolute atomic E-state index is 0.0599. The van der Waals surface area contributed by atoms with Gasteiger partial charge >= 0.3 is 0 Å². The van der Waals surface area contributed by atoms with E-state index in [1.54, 1.807) is 19.0 Å². The SMILES string of the molecule is CN(C)C(=O)/C(=N\Nc1ccccc1)N1CCCCC1. The Morgan fingerprint density at radius 2 is 1.80 bits per heavy atom. The summed E-state index contributed by atoms with van der Waals surface area (Å²) in [6.45, 7) is 1.80. The van der Waals surface area contributed by atoms with Crippen LogP contribution in [0.1, 0.15) is 19.3 Å². The molecular weight excluding hydrogens is 252 g/mol. The molecular formula is C15H22N4O. The number of anilines is 1. The molecule has 108 valence electrons. The van der Waals surface area contributed by atoms with Crippen LogP contribution in [0.2, 0.25) is 0 Å². The quantitative estimate of drug-likeness (QED) is 0.510. The number of para-hydroxylation sites is 1. The van der Waals surface area contributed by atoms with Gasteiger partial charge in [-0.2, -0.15) is 5.10 Å². The van der Waals surface area contributed by atoms with Gasteiger partial charge in [-0.1, -0.05) is 18.2 Å². The molecule has 1 amide bonds. The van der Waals surface area contributed by atoms with Crippen molar-refractivity contribution in [2.75, 3.05) is 32.6 Å². The van der Waals surface area contributed by atoms with Gasteiger partial charge in [0.25, 0.3) is 5.91 Å². The van der Waals surface area contributed by atoms with Gasteiger partial charge in [0.15, 0.2) is 0 Å². The molecule has 0 aliphatic carbocycles. The molecule has 0 bridgehead atoms. The maximum absolute atomic E-state index is 12.3. The zero-order valence-corrected chi connectivity index (χ0v) is 12.2. The Labute approximate surface area is 120 Å². The van der Waals surface area contributed by atoms with Gasteiger partial charge in [0.05, 0.1) is 5.69 Å². The summed E-state index contributed by atoms with van der Waals surface area (Å²) in [4.78, 5) is 15.9. The standard InChI is InChI=1S/C15H22N4O/c1-18(2)15(20)14(19-11-7-4-8-12-19)17-16-13-9-5-3-6-10-13/h3,5-6,9-10,16H,4,7-8,11-12H2,1-2H3/b17-14+. The minimum atomic E-state index is -0.0599. The summed E-state index contributed by atoms with van der Waals surface area (Å²) in [7, 11) is 3.51. The number of hydrogen-bond donors (Lipinski definition) is 1. The third-order valence-electron chi connectivity index (χ3n) is 3.32. The monoisotopic (exact) mass is 274 g/mol. The first-order valence-corrected chi connectivity index (χ1v) is 7.04. The van der Waals surface area contributed by atoms with Crippen LogP contribution in [0.15, 0.2) is 35.4 Å². The maximum Gasteiger partial charge on any atom is 0.290 e. The summed E-state index contributed by atoms with van der Waals surface area (Å²) < 4.78 is 0. The van der Waals surface area contributed by atoms with E-state index < -0.39 is 0 Å². The highest BCUT2D eigenvalue weighted by Gasteiger charge is 2.23. The van der Waals surface area contributed by atoms with Crippen molar-refractivity contribution < 1.29 is 4.79 Å². The molecule has 1 aliphatic heterocycles. The summed E-state index contributed by atoms with van der Waals surface area (Å²) in [5.41, 5.74) is 3.86. The largest absolute Gasteiger partial charge is 0.351 e. The zero-order valence-electron chi connectivity index (χ0n) is 12.2. The van der Waals surface area contributed by atoms with Gasteiger partial charge in [-0.15, -0.1) is 0 Å². The van der Waals surface area contributed by atoms with Crippen LogP contribution in [-0.2, 0) is 4.79 Å². The Morgan fingerprint density at radius 3 is 2.40 bits per heavy atom. The number of hydrogen-bond acceptors (Lipinski definition) is 3. The van der Waals surface area contributed by atoms with E-state index in [0.29, 0.717) is 5.84 Å². The van der Waals surface area contributed by atoms with Crippen LogP contribution in [0.4, 0.5) is 5.69 Å². The molecule has 0 unspecified atom stereocenters. The van der Waals surface area contributed by atoms with Crippen LogP contribution in [0.5, 0.6) is 0 Å². The molecule has 20 heavy (non-hydrogen) atoms. The number of carbonyl (C=O) groups excluding carboxylic acids is 1. The Hall–Kier alpha value is -2.04. The summed E-state index contributed by atoms with van der Waals surface area (Å²) >= 11 is 0. The van der Waals surface area contributed by atoms with Crippen molar-refractivity contribution in [3.8, 4) is 0 Å². The van der Waals surface area contributed by atoms with Crippen molar-refractivity contribution in [1.82, 2.24) is 9.80 Å². The number of hydrazone groups is 1. The van der Waals surface area contributed by atoms with Crippen molar-refractivity contribution in [3.05, 3.63) is 30.3 Å². The van der Waals surface area contributed by atoms with E-state index in [1.807, 2.05) is 30.3 Å². The molecule has 1 saturated heterocycles. The number of likely N-dealkylation sites (tertiary alicyclic amines) is 1. The van der Waals surface area contributed by atoms with E-state index in [4.69, 9.17) is 0 Å². The molecule has 2 rings (SSSR count). The molecule has 5 heteroatoms. The van der Waals surface area contributed by atoms with Gasteiger partial charge in [0.2, 0.25) is 5.84 Å². The highest BCUT2D eigenvalue weighted by Crippen LogP contribution is 2.11. The van der Waals surface area contributed by atoms with Crippen molar-refractivity contribution in [1.29, 1.82) is 0 Å². The van der Waals surface area contributed by atoms with Crippen molar-refractivity contribution >= 4 is 17.4 Å². The third-order valence-corrected chi connectivity index (χ3v) is 3.32. The van der Waals surface area contributed by atoms with E-state index >= 15 is 0 Å². The zero-order chi connectivity index (χ0) is 14.4.